The van der Waals surface area contributed by atoms with Gasteiger partial charge < -0.3 is 30.1 Å². The number of benzene rings is 1. The molecule has 7 rings (SSSR count). The van der Waals surface area contributed by atoms with Gasteiger partial charge in [0.1, 0.15) is 35.2 Å². The maximum Gasteiger partial charge on any atom is 0.262 e. The maximum atomic E-state index is 14.7. The van der Waals surface area contributed by atoms with Gasteiger partial charge in [-0.15, -0.1) is 11.3 Å². The van der Waals surface area contributed by atoms with Crippen molar-refractivity contribution < 1.29 is 42.2 Å². The van der Waals surface area contributed by atoms with E-state index in [1.165, 1.54) is 16.2 Å². The molecule has 0 spiro atoms. The Labute approximate surface area is 330 Å². The average Bonchev–Trinajstić information content (AvgIpc) is 4.03. The van der Waals surface area contributed by atoms with Gasteiger partial charge >= 0.3 is 0 Å². The highest BCUT2D eigenvalue weighted by molar-refractivity contribution is 7.91. The first-order valence-electron chi connectivity index (χ1n) is 19.3. The molecule has 16 heteroatoms. The predicted molar refractivity (Wildman–Crippen MR) is 210 cm³/mol. The number of phenolic OH excluding ortho intramolecular Hbond substituents is 1. The minimum Gasteiger partial charge on any atom is -0.508 e. The molecule has 1 aromatic carbocycles. The fourth-order valence-corrected chi connectivity index (χ4v) is 9.71. The Morgan fingerprint density at radius 1 is 1.09 bits per heavy atom. The van der Waals surface area contributed by atoms with E-state index in [1.807, 2.05) is 39.0 Å². The molecule has 4 amide bonds. The number of aromatic nitrogens is 1. The number of rotatable bonds is 9. The van der Waals surface area contributed by atoms with Gasteiger partial charge in [0.25, 0.3) is 11.8 Å². The third-order valence-electron chi connectivity index (χ3n) is 10.9. The summed E-state index contributed by atoms with van der Waals surface area (Å²) in [5, 5.41) is 16.3. The second kappa shape index (κ2) is 15.7. The molecule has 3 fully saturated rings. The molecule has 4 heterocycles. The summed E-state index contributed by atoms with van der Waals surface area (Å²) in [6, 6.07) is 6.35. The quantitative estimate of drug-likeness (QED) is 0.223. The number of aromatic hydroxyl groups is 1. The highest BCUT2D eigenvalue weighted by Crippen LogP contribution is 2.46. The van der Waals surface area contributed by atoms with Crippen LogP contribution in [0.3, 0.4) is 0 Å². The van der Waals surface area contributed by atoms with E-state index in [4.69, 9.17) is 9.47 Å². The molecule has 3 aromatic rings. The number of amides is 4. The van der Waals surface area contributed by atoms with E-state index in [0.29, 0.717) is 59.2 Å². The first-order chi connectivity index (χ1) is 26.6. The number of thiophene rings is 1. The highest BCUT2D eigenvalue weighted by Gasteiger charge is 2.62. The zero-order chi connectivity index (χ0) is 39.9. The maximum absolute atomic E-state index is 14.7. The molecule has 14 nitrogen and oxygen atoms in total. The summed E-state index contributed by atoms with van der Waals surface area (Å²) in [5.74, 6) is -2.01. The van der Waals surface area contributed by atoms with Gasteiger partial charge in [-0.05, 0) is 90.5 Å². The molecule has 2 aromatic heterocycles. The molecule has 0 radical (unpaired) electrons. The van der Waals surface area contributed by atoms with Gasteiger partial charge in [-0.2, -0.15) is 0 Å². The number of hydrogen-bond acceptors (Lipinski definition) is 11. The largest absolute Gasteiger partial charge is 0.508 e. The number of phenols is 1. The fourth-order valence-electron chi connectivity index (χ4n) is 7.58. The highest BCUT2D eigenvalue weighted by atomic mass is 32.2. The number of nitrogens with one attached hydrogen (secondary N) is 3. The van der Waals surface area contributed by atoms with Crippen molar-refractivity contribution in [2.24, 2.45) is 5.92 Å². The first-order valence-corrected chi connectivity index (χ1v) is 21.7. The van der Waals surface area contributed by atoms with Crippen molar-refractivity contribution in [1.82, 2.24) is 25.2 Å². The molecule has 2 aliphatic carbocycles. The number of carbonyl (C=O) groups excluding carboxylic acids is 4. The summed E-state index contributed by atoms with van der Waals surface area (Å²) >= 11 is 1.32. The van der Waals surface area contributed by atoms with Crippen LogP contribution in [0, 0.1) is 19.8 Å². The van der Waals surface area contributed by atoms with Gasteiger partial charge in [-0.3, -0.25) is 23.9 Å². The number of sulfonamides is 1. The number of pyridine rings is 1. The molecular formula is C40H49N5O9S2. The SMILES string of the molecule is Cc1ccc(C(=O)NC2CCCCCC=CC3CC3(C(=O)NS(=O)(=O)C3CC3)NC(=O)C3CC(Oc4cc(OC(C)C)nc5c(C)c(O)ccc45)CN3C2=O)s1. The Hall–Kier alpha value is -4.70. The van der Waals surface area contributed by atoms with Crippen LogP contribution in [0.2, 0.25) is 0 Å². The molecule has 56 heavy (non-hydrogen) atoms. The summed E-state index contributed by atoms with van der Waals surface area (Å²) in [7, 11) is -3.91. The van der Waals surface area contributed by atoms with E-state index in [0.717, 1.165) is 17.7 Å². The number of hydrogen-bond donors (Lipinski definition) is 4. The van der Waals surface area contributed by atoms with E-state index in [1.54, 1.807) is 31.2 Å². The minimum absolute atomic E-state index is 0.0265. The van der Waals surface area contributed by atoms with Crippen LogP contribution in [-0.4, -0.2) is 88.7 Å². The molecule has 5 unspecified atom stereocenters. The van der Waals surface area contributed by atoms with E-state index < -0.39 is 62.6 Å². The topological polar surface area (TPSA) is 193 Å². The summed E-state index contributed by atoms with van der Waals surface area (Å²) < 4.78 is 40.5. The molecule has 0 bridgehead atoms. The number of fused-ring (bicyclic) bond motifs is 3. The zero-order valence-electron chi connectivity index (χ0n) is 32.0. The first kappa shape index (κ1) is 39.5. The predicted octanol–water partition coefficient (Wildman–Crippen LogP) is 4.56. The van der Waals surface area contributed by atoms with Crippen LogP contribution < -0.4 is 24.8 Å². The van der Waals surface area contributed by atoms with Gasteiger partial charge in [0.15, 0.2) is 0 Å². The average molecular weight is 808 g/mol. The molecule has 4 N–H and O–H groups in total. The van der Waals surface area contributed by atoms with Gasteiger partial charge in [0, 0.05) is 34.2 Å². The van der Waals surface area contributed by atoms with Crippen LogP contribution in [0.15, 0.2) is 42.5 Å². The molecule has 4 aliphatic rings. The Morgan fingerprint density at radius 2 is 1.88 bits per heavy atom. The third kappa shape index (κ3) is 8.36. The monoisotopic (exact) mass is 807 g/mol. The van der Waals surface area contributed by atoms with E-state index in [2.05, 4.69) is 20.3 Å². The standard InChI is InChI=1S/C40H49N5O9S2/c1-22(2)53-34-19-32(28-15-16-31(46)24(4)35(28)42-34)54-26-18-30-36(47)43-40(39(50)44-56(51,52)27-13-14-27)20-25(40)10-8-6-5-7-9-11-29(38(49)45(30)21-26)41-37(48)33-17-12-23(3)55-33/h8,10,12,15-17,19,22,25-27,29-30,46H,5-7,9,11,13-14,18,20-21H2,1-4H3,(H,41,48)(H,43,47)(H,44,50). The van der Waals surface area contributed by atoms with Crippen molar-refractivity contribution in [2.75, 3.05) is 6.54 Å². The second-order valence-corrected chi connectivity index (χ2v) is 18.9. The van der Waals surface area contributed by atoms with Crippen molar-refractivity contribution in [2.45, 2.75) is 121 Å². The summed E-state index contributed by atoms with van der Waals surface area (Å²) in [4.78, 5) is 63.9. The van der Waals surface area contributed by atoms with E-state index in [-0.39, 0.29) is 43.0 Å². The third-order valence-corrected chi connectivity index (χ3v) is 13.7. The van der Waals surface area contributed by atoms with Gasteiger partial charge in [0.05, 0.1) is 28.3 Å². The Morgan fingerprint density at radius 3 is 2.59 bits per heavy atom. The number of allylic oxidation sites excluding steroid dienone is 1. The van der Waals surface area contributed by atoms with Crippen molar-refractivity contribution >= 4 is 55.9 Å². The van der Waals surface area contributed by atoms with Crippen LogP contribution >= 0.6 is 11.3 Å². The lowest BCUT2D eigenvalue weighted by molar-refractivity contribution is -0.141. The lowest BCUT2D eigenvalue weighted by atomic mass is 10.0. The molecule has 5 atom stereocenters. The van der Waals surface area contributed by atoms with Gasteiger partial charge in [-0.25, -0.2) is 13.4 Å². The van der Waals surface area contributed by atoms with Gasteiger partial charge in [0.2, 0.25) is 27.7 Å². The number of aryl methyl sites for hydroxylation is 2. The number of ether oxygens (including phenoxy) is 2. The summed E-state index contributed by atoms with van der Waals surface area (Å²) in [5.41, 5.74) is -0.527. The van der Waals surface area contributed by atoms with Gasteiger partial charge in [-0.1, -0.05) is 25.0 Å². The molecule has 2 saturated carbocycles. The van der Waals surface area contributed by atoms with Crippen LogP contribution in [0.1, 0.15) is 91.7 Å². The fraction of sp³-hybridized carbons (Fsp3) is 0.525. The lowest BCUT2D eigenvalue weighted by Gasteiger charge is -2.29. The number of carbonyl (C=O) groups is 4. The van der Waals surface area contributed by atoms with E-state index in [9.17, 15) is 32.7 Å². The lowest BCUT2D eigenvalue weighted by Crippen LogP contribution is -2.58. The van der Waals surface area contributed by atoms with Crippen molar-refractivity contribution in [1.29, 1.82) is 0 Å². The Kier molecular flexibility index (Phi) is 11.1. The molecular weight excluding hydrogens is 759 g/mol. The molecule has 2 aliphatic heterocycles. The minimum atomic E-state index is -3.91. The Bertz CT molecular complexity index is 2180. The van der Waals surface area contributed by atoms with Crippen LogP contribution in [0.4, 0.5) is 0 Å². The van der Waals surface area contributed by atoms with Crippen LogP contribution in [0.25, 0.3) is 10.9 Å². The second-order valence-electron chi connectivity index (χ2n) is 15.7. The summed E-state index contributed by atoms with van der Waals surface area (Å²) in [6.45, 7) is 7.32. The van der Waals surface area contributed by atoms with E-state index >= 15 is 0 Å². The van der Waals surface area contributed by atoms with Crippen molar-refractivity contribution in [3.05, 3.63) is 57.8 Å². The van der Waals surface area contributed by atoms with Crippen LogP contribution in [-0.2, 0) is 24.4 Å². The normalized spacial score (nSPS) is 25.8. The zero-order valence-corrected chi connectivity index (χ0v) is 33.6. The molecule has 300 valence electrons. The smallest absolute Gasteiger partial charge is 0.262 e. The Balaban J connectivity index is 1.23. The van der Waals surface area contributed by atoms with Crippen LogP contribution in [0.5, 0.6) is 17.4 Å². The number of nitrogens with zero attached hydrogens (tertiary/aromatic N) is 2. The van der Waals surface area contributed by atoms with Crippen molar-refractivity contribution in [3.63, 3.8) is 0 Å². The van der Waals surface area contributed by atoms with Crippen molar-refractivity contribution in [3.8, 4) is 17.4 Å². The summed E-state index contributed by atoms with van der Waals surface area (Å²) in [6.07, 6.45) is 7.29. The molecule has 1 saturated heterocycles.